The molecule has 108 valence electrons. The monoisotopic (exact) mass is 288 g/mol. The quantitative estimate of drug-likeness (QED) is 0.706. The van der Waals surface area contributed by atoms with Crippen LogP contribution < -0.4 is 4.90 Å². The van der Waals surface area contributed by atoms with Gasteiger partial charge in [0, 0.05) is 35.9 Å². The molecule has 0 fully saturated rings. The van der Waals surface area contributed by atoms with Crippen molar-refractivity contribution in [1.29, 1.82) is 0 Å². The summed E-state index contributed by atoms with van der Waals surface area (Å²) in [7, 11) is 0. The van der Waals surface area contributed by atoms with Crippen molar-refractivity contribution in [1.82, 2.24) is 4.57 Å². The van der Waals surface area contributed by atoms with E-state index in [9.17, 15) is 4.79 Å². The Bertz CT molecular complexity index is 821. The van der Waals surface area contributed by atoms with Crippen LogP contribution in [-0.4, -0.2) is 17.0 Å². The van der Waals surface area contributed by atoms with Crippen molar-refractivity contribution in [2.45, 2.75) is 6.42 Å². The number of hydrogen-bond acceptors (Lipinski definition) is 1. The highest BCUT2D eigenvalue weighted by Crippen LogP contribution is 2.29. The highest BCUT2D eigenvalue weighted by molar-refractivity contribution is 6.07. The maximum atomic E-state index is 12.8. The summed E-state index contributed by atoms with van der Waals surface area (Å²) in [5.74, 6) is 0.0685. The third-order valence-electron chi connectivity index (χ3n) is 4.13. The zero-order chi connectivity index (χ0) is 14.9. The van der Waals surface area contributed by atoms with Gasteiger partial charge in [0.05, 0.1) is 0 Å². The molecule has 1 aliphatic heterocycles. The maximum Gasteiger partial charge on any atom is 0.258 e. The number of rotatable bonds is 2. The van der Waals surface area contributed by atoms with E-state index in [-0.39, 0.29) is 5.91 Å². The summed E-state index contributed by atoms with van der Waals surface area (Å²) in [5.41, 5.74) is 4.02. The van der Waals surface area contributed by atoms with Gasteiger partial charge in [0.1, 0.15) is 0 Å². The molecule has 1 amide bonds. The average molecular weight is 288 g/mol. The molecule has 3 heteroatoms. The highest BCUT2D eigenvalue weighted by Gasteiger charge is 2.25. The first kappa shape index (κ1) is 12.9. The number of benzene rings is 2. The van der Waals surface area contributed by atoms with Gasteiger partial charge >= 0.3 is 0 Å². The van der Waals surface area contributed by atoms with Crippen LogP contribution in [0.4, 0.5) is 5.69 Å². The van der Waals surface area contributed by atoms with Crippen LogP contribution in [-0.2, 0) is 6.42 Å². The average Bonchev–Trinajstić information content (AvgIpc) is 3.24. The molecule has 1 aliphatic rings. The van der Waals surface area contributed by atoms with Gasteiger partial charge in [0.15, 0.2) is 0 Å². The van der Waals surface area contributed by atoms with Crippen LogP contribution in [0.5, 0.6) is 0 Å². The van der Waals surface area contributed by atoms with Gasteiger partial charge in [-0.05, 0) is 48.4 Å². The highest BCUT2D eigenvalue weighted by atomic mass is 16.2. The van der Waals surface area contributed by atoms with Crippen LogP contribution in [0.1, 0.15) is 15.9 Å². The van der Waals surface area contributed by atoms with Gasteiger partial charge in [-0.15, -0.1) is 0 Å². The van der Waals surface area contributed by atoms with Gasteiger partial charge in [-0.2, -0.15) is 0 Å². The standard InChI is InChI=1S/C19H16N2O/c22-19(21-13-10-15-6-1-2-9-18(15)21)16-7-5-8-17(14-16)20-11-3-4-12-20/h1-9,11-12,14H,10,13H2. The van der Waals surface area contributed by atoms with E-state index < -0.39 is 0 Å². The minimum absolute atomic E-state index is 0.0685. The Hall–Kier alpha value is -2.81. The van der Waals surface area contributed by atoms with Crippen molar-refractivity contribution < 1.29 is 4.79 Å². The molecule has 0 saturated carbocycles. The summed E-state index contributed by atoms with van der Waals surface area (Å²) in [5, 5.41) is 0. The van der Waals surface area contributed by atoms with Crippen LogP contribution in [0.3, 0.4) is 0 Å². The summed E-state index contributed by atoms with van der Waals surface area (Å²) in [4.78, 5) is 14.7. The molecule has 1 aromatic heterocycles. The first-order chi connectivity index (χ1) is 10.8. The number of aromatic nitrogens is 1. The normalized spacial score (nSPS) is 13.2. The van der Waals surface area contributed by atoms with Crippen molar-refractivity contribution >= 4 is 11.6 Å². The number of anilines is 1. The fourth-order valence-corrected chi connectivity index (χ4v) is 3.01. The molecule has 0 spiro atoms. The zero-order valence-electron chi connectivity index (χ0n) is 12.1. The number of carbonyl (C=O) groups is 1. The first-order valence-corrected chi connectivity index (χ1v) is 7.46. The lowest BCUT2D eigenvalue weighted by Crippen LogP contribution is -2.28. The number of nitrogens with zero attached hydrogens (tertiary/aromatic N) is 2. The molecule has 0 N–H and O–H groups in total. The summed E-state index contributed by atoms with van der Waals surface area (Å²) >= 11 is 0. The molecular weight excluding hydrogens is 272 g/mol. The molecule has 0 aliphatic carbocycles. The Morgan fingerprint density at radius 3 is 2.59 bits per heavy atom. The van der Waals surface area contributed by atoms with Crippen LogP contribution in [0.2, 0.25) is 0 Å². The summed E-state index contributed by atoms with van der Waals surface area (Å²) in [6.45, 7) is 0.756. The number of fused-ring (bicyclic) bond motifs is 1. The number of hydrogen-bond donors (Lipinski definition) is 0. The number of carbonyl (C=O) groups excluding carboxylic acids is 1. The van der Waals surface area contributed by atoms with Crippen molar-refractivity contribution in [3.63, 3.8) is 0 Å². The Balaban J connectivity index is 1.68. The van der Waals surface area contributed by atoms with E-state index in [0.29, 0.717) is 0 Å². The van der Waals surface area contributed by atoms with Crippen LogP contribution in [0.15, 0.2) is 73.1 Å². The van der Waals surface area contributed by atoms with E-state index in [1.807, 2.05) is 76.5 Å². The first-order valence-electron chi connectivity index (χ1n) is 7.46. The third-order valence-corrected chi connectivity index (χ3v) is 4.13. The van der Waals surface area contributed by atoms with Gasteiger partial charge < -0.3 is 9.47 Å². The lowest BCUT2D eigenvalue weighted by Gasteiger charge is -2.18. The SMILES string of the molecule is O=C(c1cccc(-n2cccc2)c1)N1CCc2ccccc21. The van der Waals surface area contributed by atoms with Gasteiger partial charge in [-0.1, -0.05) is 24.3 Å². The predicted molar refractivity (Wildman–Crippen MR) is 87.6 cm³/mol. The van der Waals surface area contributed by atoms with Gasteiger partial charge in [-0.25, -0.2) is 0 Å². The second kappa shape index (κ2) is 5.19. The number of amides is 1. The molecule has 0 atom stereocenters. The summed E-state index contributed by atoms with van der Waals surface area (Å²) in [6, 6.07) is 19.9. The molecule has 22 heavy (non-hydrogen) atoms. The second-order valence-corrected chi connectivity index (χ2v) is 5.48. The zero-order valence-corrected chi connectivity index (χ0v) is 12.1. The molecule has 0 bridgehead atoms. The lowest BCUT2D eigenvalue weighted by molar-refractivity contribution is 0.0989. The van der Waals surface area contributed by atoms with Gasteiger partial charge in [-0.3, -0.25) is 4.79 Å². The van der Waals surface area contributed by atoms with E-state index in [2.05, 4.69) is 6.07 Å². The minimum atomic E-state index is 0.0685. The Labute approximate surface area is 129 Å². The largest absolute Gasteiger partial charge is 0.324 e. The molecule has 0 unspecified atom stereocenters. The van der Waals surface area contributed by atoms with E-state index in [1.54, 1.807) is 0 Å². The van der Waals surface area contributed by atoms with Crippen LogP contribution in [0.25, 0.3) is 5.69 Å². The van der Waals surface area contributed by atoms with Crippen LogP contribution in [0, 0.1) is 0 Å². The second-order valence-electron chi connectivity index (χ2n) is 5.48. The van der Waals surface area contributed by atoms with Crippen molar-refractivity contribution in [2.24, 2.45) is 0 Å². The molecule has 0 radical (unpaired) electrons. The van der Waals surface area contributed by atoms with Gasteiger partial charge in [0.25, 0.3) is 5.91 Å². The van der Waals surface area contributed by atoms with Crippen LogP contribution >= 0.6 is 0 Å². The van der Waals surface area contributed by atoms with E-state index >= 15 is 0 Å². The van der Waals surface area contributed by atoms with E-state index in [0.717, 1.165) is 29.9 Å². The van der Waals surface area contributed by atoms with Crippen molar-refractivity contribution in [3.05, 3.63) is 84.2 Å². The number of para-hydroxylation sites is 1. The van der Waals surface area contributed by atoms with E-state index in [1.165, 1.54) is 5.56 Å². The Kier molecular flexibility index (Phi) is 3.04. The molecule has 4 rings (SSSR count). The molecule has 2 aromatic carbocycles. The maximum absolute atomic E-state index is 12.8. The minimum Gasteiger partial charge on any atom is -0.324 e. The molecular formula is C19H16N2O. The predicted octanol–water partition coefficient (Wildman–Crippen LogP) is 3.68. The molecule has 3 aromatic rings. The molecule has 2 heterocycles. The Morgan fingerprint density at radius 1 is 0.909 bits per heavy atom. The van der Waals surface area contributed by atoms with Crippen molar-refractivity contribution in [3.8, 4) is 5.69 Å². The summed E-state index contributed by atoms with van der Waals surface area (Å²) in [6.07, 6.45) is 4.89. The topological polar surface area (TPSA) is 25.2 Å². The Morgan fingerprint density at radius 2 is 1.73 bits per heavy atom. The van der Waals surface area contributed by atoms with Crippen molar-refractivity contribution in [2.75, 3.05) is 11.4 Å². The fraction of sp³-hybridized carbons (Fsp3) is 0.105. The molecule has 0 saturated heterocycles. The smallest absolute Gasteiger partial charge is 0.258 e. The lowest BCUT2D eigenvalue weighted by atomic mass is 10.1. The fourth-order valence-electron chi connectivity index (χ4n) is 3.01. The summed E-state index contributed by atoms with van der Waals surface area (Å²) < 4.78 is 2.01. The third kappa shape index (κ3) is 2.11. The molecule has 3 nitrogen and oxygen atoms in total. The van der Waals surface area contributed by atoms with E-state index in [4.69, 9.17) is 0 Å². The van der Waals surface area contributed by atoms with Gasteiger partial charge in [0.2, 0.25) is 0 Å².